The van der Waals surface area contributed by atoms with E-state index in [2.05, 4.69) is 0 Å². The lowest BCUT2D eigenvalue weighted by atomic mass is 10.1. The Morgan fingerprint density at radius 1 is 0.649 bits per heavy atom. The summed E-state index contributed by atoms with van der Waals surface area (Å²) in [6.07, 6.45) is 0.229. The summed E-state index contributed by atoms with van der Waals surface area (Å²) >= 11 is 0. The van der Waals surface area contributed by atoms with Crippen LogP contribution in [0.3, 0.4) is 0 Å². The summed E-state index contributed by atoms with van der Waals surface area (Å²) in [5.41, 5.74) is 12.1. The maximum atomic E-state index is 10.4. The van der Waals surface area contributed by atoms with Crippen molar-refractivity contribution in [1.82, 2.24) is 0 Å². The Balaban J connectivity index is 0.000000285. The van der Waals surface area contributed by atoms with Gasteiger partial charge < -0.3 is 42.1 Å². The largest absolute Gasteiger partial charge is 0.504 e. The lowest BCUT2D eigenvalue weighted by Gasteiger charge is -2.06. The van der Waals surface area contributed by atoms with Gasteiger partial charge in [0.2, 0.25) is 0 Å². The van der Waals surface area contributed by atoms with Crippen molar-refractivity contribution < 1.29 is 50.6 Å². The molecule has 3 rings (SSSR count). The van der Waals surface area contributed by atoms with Gasteiger partial charge in [0, 0.05) is 0 Å². The van der Waals surface area contributed by atoms with E-state index < -0.39 is 24.0 Å². The number of nitrogens with zero attached hydrogens (tertiary/aromatic N) is 1. The zero-order chi connectivity index (χ0) is 28.1. The predicted molar refractivity (Wildman–Crippen MR) is 131 cm³/mol. The zero-order valence-electron chi connectivity index (χ0n) is 19.4. The van der Waals surface area contributed by atoms with E-state index in [9.17, 15) is 9.59 Å². The number of anilines is 1. The maximum absolute atomic E-state index is 10.4. The van der Waals surface area contributed by atoms with Crippen LogP contribution >= 0.6 is 0 Å². The molecule has 0 radical (unpaired) electrons. The van der Waals surface area contributed by atoms with Gasteiger partial charge in [0.1, 0.15) is 12.1 Å². The van der Waals surface area contributed by atoms with Gasteiger partial charge in [0.05, 0.1) is 5.69 Å². The van der Waals surface area contributed by atoms with E-state index in [-0.39, 0.29) is 41.1 Å². The normalized spacial score (nSPS) is 11.6. The monoisotopic (exact) mass is 519 g/mol. The second-order valence-electron chi connectivity index (χ2n) is 7.57. The molecule has 0 spiro atoms. The molecule has 0 aromatic heterocycles. The van der Waals surface area contributed by atoms with Gasteiger partial charge in [0.15, 0.2) is 23.0 Å². The summed E-state index contributed by atoms with van der Waals surface area (Å²) in [7, 11) is 0. The highest BCUT2D eigenvalue weighted by atomic mass is 16.8. The molecule has 37 heavy (non-hydrogen) atoms. The van der Waals surface area contributed by atoms with Gasteiger partial charge in [-0.05, 0) is 60.4 Å². The highest BCUT2D eigenvalue weighted by Gasteiger charge is 2.13. The fraction of sp³-hybridized carbons (Fsp3) is 0.167. The molecule has 0 amide bonds. The molecule has 0 aliphatic rings. The minimum atomic E-state index is -1.10. The van der Waals surface area contributed by atoms with Gasteiger partial charge in [-0.3, -0.25) is 20.0 Å². The number of aliphatic carboxylic acids is 2. The second-order valence-corrected chi connectivity index (χ2v) is 7.57. The van der Waals surface area contributed by atoms with Crippen LogP contribution in [0, 0.1) is 0 Å². The van der Waals surface area contributed by atoms with Gasteiger partial charge in [0.25, 0.3) is 0 Å². The highest BCUT2D eigenvalue weighted by molar-refractivity contribution is 5.74. The summed E-state index contributed by atoms with van der Waals surface area (Å²) in [6.45, 7) is 0. The minimum absolute atomic E-state index is 0.0833. The lowest BCUT2D eigenvalue weighted by Crippen LogP contribution is -2.32. The van der Waals surface area contributed by atoms with Gasteiger partial charge in [-0.25, -0.2) is 0 Å². The number of nitrogens with two attached hydrogens (primary N) is 2. The number of para-hydroxylation sites is 1. The van der Waals surface area contributed by atoms with Crippen LogP contribution < -0.4 is 16.7 Å². The first-order chi connectivity index (χ1) is 17.3. The van der Waals surface area contributed by atoms with Crippen molar-refractivity contribution in [3.63, 3.8) is 0 Å². The molecule has 3 aromatic rings. The summed E-state index contributed by atoms with van der Waals surface area (Å²) in [5, 5.41) is 70.2. The number of hydrogen-bond acceptors (Lipinski definition) is 11. The summed E-state index contributed by atoms with van der Waals surface area (Å²) in [6, 6.07) is 14.6. The molecule has 2 atom stereocenters. The number of hydrogen-bond donors (Lipinski definition) is 10. The van der Waals surface area contributed by atoms with Crippen LogP contribution in [0.15, 0.2) is 66.7 Å². The molecular weight excluding hydrogens is 490 g/mol. The molecule has 0 aliphatic heterocycles. The molecular formula is C24H29N3O10. The number of benzene rings is 3. The SMILES string of the molecule is N[C@@H](Cc1ccc(O)c(O)c1)C(=O)O.N[C@@H](Cc1ccc(O)c(O)c1)C(=O)O.ON(O)c1ccccc1. The number of carboxylic acids is 2. The van der Waals surface area contributed by atoms with Crippen molar-refractivity contribution in [2.24, 2.45) is 11.5 Å². The van der Waals surface area contributed by atoms with Crippen LogP contribution in [0.5, 0.6) is 23.0 Å². The van der Waals surface area contributed by atoms with E-state index in [0.29, 0.717) is 16.8 Å². The van der Waals surface area contributed by atoms with Crippen molar-refractivity contribution in [3.8, 4) is 23.0 Å². The van der Waals surface area contributed by atoms with Crippen molar-refractivity contribution in [3.05, 3.63) is 77.9 Å². The fourth-order valence-corrected chi connectivity index (χ4v) is 2.64. The number of carbonyl (C=O) groups is 2. The topological polar surface area (TPSA) is 251 Å². The zero-order valence-corrected chi connectivity index (χ0v) is 19.4. The molecule has 0 unspecified atom stereocenters. The molecule has 200 valence electrons. The van der Waals surface area contributed by atoms with E-state index in [4.69, 9.17) is 52.5 Å². The molecule has 0 fully saturated rings. The van der Waals surface area contributed by atoms with E-state index in [1.807, 2.05) is 0 Å². The van der Waals surface area contributed by atoms with Gasteiger partial charge >= 0.3 is 11.9 Å². The molecule has 0 aliphatic carbocycles. The Hall–Kier alpha value is -4.56. The van der Waals surface area contributed by atoms with E-state index in [1.54, 1.807) is 30.3 Å². The smallest absolute Gasteiger partial charge is 0.320 e. The van der Waals surface area contributed by atoms with E-state index in [0.717, 1.165) is 0 Å². The molecule has 13 nitrogen and oxygen atoms in total. The highest BCUT2D eigenvalue weighted by Crippen LogP contribution is 2.26. The first kappa shape index (κ1) is 30.5. The predicted octanol–water partition coefficient (Wildman–Crippen LogP) is 1.38. The van der Waals surface area contributed by atoms with Crippen LogP contribution in [-0.2, 0) is 22.4 Å². The maximum Gasteiger partial charge on any atom is 0.320 e. The Kier molecular flexibility index (Phi) is 12.1. The lowest BCUT2D eigenvalue weighted by molar-refractivity contribution is -0.139. The molecule has 0 heterocycles. The van der Waals surface area contributed by atoms with Crippen LogP contribution in [-0.4, -0.2) is 65.1 Å². The molecule has 0 saturated heterocycles. The van der Waals surface area contributed by atoms with Crippen molar-refractivity contribution in [2.45, 2.75) is 24.9 Å². The standard InChI is InChI=1S/2C9H11NO4.C6H7NO2/c2*10-6(9(13)14)3-5-1-2-7(11)8(12)4-5;8-7(9)6-4-2-1-3-5-6/h2*1-2,4,6,11-12H,3,10H2,(H,13,14);1-5,8-9H/t2*6-;/m00./s1. The summed E-state index contributed by atoms with van der Waals surface area (Å²) < 4.78 is 0. The quantitative estimate of drug-likeness (QED) is 0.157. The van der Waals surface area contributed by atoms with Crippen LogP contribution in [0.1, 0.15) is 11.1 Å². The molecule has 12 N–H and O–H groups in total. The Labute approximate surface area is 211 Å². The first-order valence-electron chi connectivity index (χ1n) is 10.5. The van der Waals surface area contributed by atoms with E-state index >= 15 is 0 Å². The first-order valence-corrected chi connectivity index (χ1v) is 10.5. The average molecular weight is 520 g/mol. The Morgan fingerprint density at radius 2 is 1.03 bits per heavy atom. The van der Waals surface area contributed by atoms with Crippen molar-refractivity contribution in [1.29, 1.82) is 0 Å². The second kappa shape index (κ2) is 14.8. The molecule has 13 heteroatoms. The number of phenols is 4. The van der Waals surface area contributed by atoms with Crippen LogP contribution in [0.4, 0.5) is 5.69 Å². The molecule has 3 aromatic carbocycles. The van der Waals surface area contributed by atoms with Crippen molar-refractivity contribution in [2.75, 3.05) is 5.23 Å². The van der Waals surface area contributed by atoms with Gasteiger partial charge in [-0.15, -0.1) is 5.23 Å². The van der Waals surface area contributed by atoms with Gasteiger partial charge in [-0.1, -0.05) is 30.3 Å². The van der Waals surface area contributed by atoms with E-state index in [1.165, 1.54) is 36.4 Å². The Morgan fingerprint density at radius 3 is 1.30 bits per heavy atom. The number of phenolic OH excluding ortho intramolecular Hbond substituents is 4. The third-order valence-electron chi connectivity index (χ3n) is 4.61. The van der Waals surface area contributed by atoms with Crippen molar-refractivity contribution >= 4 is 17.6 Å². The fourth-order valence-electron chi connectivity index (χ4n) is 2.64. The number of rotatable bonds is 7. The van der Waals surface area contributed by atoms with Crippen LogP contribution in [0.2, 0.25) is 0 Å². The molecule has 0 saturated carbocycles. The third-order valence-corrected chi connectivity index (χ3v) is 4.61. The Bertz CT molecular complexity index is 1090. The average Bonchev–Trinajstić information content (AvgIpc) is 2.85. The van der Waals surface area contributed by atoms with Crippen LogP contribution in [0.25, 0.3) is 0 Å². The third kappa shape index (κ3) is 11.1. The number of aromatic hydroxyl groups is 4. The minimum Gasteiger partial charge on any atom is -0.504 e. The van der Waals surface area contributed by atoms with Gasteiger partial charge in [-0.2, -0.15) is 0 Å². The summed E-state index contributed by atoms with van der Waals surface area (Å²) in [4.78, 5) is 20.8. The molecule has 0 bridgehead atoms. The summed E-state index contributed by atoms with van der Waals surface area (Å²) in [5.74, 6) is -3.23. The number of carboxylic acid groups (broad SMARTS) is 2.